The van der Waals surface area contributed by atoms with Crippen LogP contribution in [0.4, 0.5) is 10.1 Å². The topological polar surface area (TPSA) is 73.3 Å². The van der Waals surface area contributed by atoms with Crippen molar-refractivity contribution in [1.82, 2.24) is 0 Å². The van der Waals surface area contributed by atoms with Gasteiger partial charge in [0.05, 0.1) is 19.3 Å². The molecule has 2 atom stereocenters. The summed E-state index contributed by atoms with van der Waals surface area (Å²) in [6.07, 6.45) is -0.478. The number of hydrogen-bond donors (Lipinski definition) is 1. The first-order valence-corrected chi connectivity index (χ1v) is 5.06. The summed E-state index contributed by atoms with van der Waals surface area (Å²) in [4.78, 5) is 10.6. The molecule has 6 heteroatoms. The molecule has 1 aromatic rings. The van der Waals surface area contributed by atoms with E-state index >= 15 is 0 Å². The van der Waals surface area contributed by atoms with Crippen LogP contribution in [0.15, 0.2) is 18.2 Å². The molecule has 17 heavy (non-hydrogen) atoms. The molecular weight excluding hydrogens is 227 g/mol. The molecule has 0 aromatic heterocycles. The van der Waals surface area contributed by atoms with Gasteiger partial charge in [0.1, 0.15) is 17.8 Å². The Morgan fingerprint density at radius 3 is 3.06 bits per heavy atom. The zero-order valence-electron chi connectivity index (χ0n) is 8.85. The molecule has 88 valence electrons. The van der Waals surface area contributed by atoms with Crippen molar-refractivity contribution in [2.75, 3.05) is 13.2 Å². The van der Waals surface area contributed by atoms with Crippen molar-refractivity contribution in [2.24, 2.45) is 5.92 Å². The molecule has 0 aliphatic carbocycles. The largest absolute Gasteiger partial charge is 0.480 e. The fourth-order valence-electron chi connectivity index (χ4n) is 1.61. The lowest BCUT2D eigenvalue weighted by atomic mass is 10.1. The zero-order valence-corrected chi connectivity index (χ0v) is 8.85. The van der Waals surface area contributed by atoms with Gasteiger partial charge in [0.25, 0.3) is 5.69 Å². The Balaban J connectivity index is 2.20. The molecule has 0 spiro atoms. The highest BCUT2D eigenvalue weighted by Crippen LogP contribution is 2.26. The van der Waals surface area contributed by atoms with E-state index in [1.54, 1.807) is 5.18 Å². The fourth-order valence-corrected chi connectivity index (χ4v) is 1.61. The van der Waals surface area contributed by atoms with Gasteiger partial charge < -0.3 is 9.47 Å². The summed E-state index contributed by atoms with van der Waals surface area (Å²) in [7, 11) is 0. The van der Waals surface area contributed by atoms with E-state index < -0.39 is 17.8 Å². The molecule has 5 nitrogen and oxygen atoms in total. The summed E-state index contributed by atoms with van der Waals surface area (Å²) in [6.45, 7) is 0.545. The molecular formula is C11H10FN2O3+. The molecule has 0 bridgehead atoms. The third kappa shape index (κ3) is 2.40. The van der Waals surface area contributed by atoms with Gasteiger partial charge in [0, 0.05) is 22.2 Å². The third-order valence-electron chi connectivity index (χ3n) is 2.53. The van der Waals surface area contributed by atoms with Crippen molar-refractivity contribution in [3.8, 4) is 11.8 Å². The van der Waals surface area contributed by atoms with Gasteiger partial charge in [-0.15, -0.1) is 0 Å². The molecule has 1 fully saturated rings. The monoisotopic (exact) mass is 237 g/mol. The van der Waals surface area contributed by atoms with Crippen LogP contribution in [0, 0.1) is 28.0 Å². The van der Waals surface area contributed by atoms with Gasteiger partial charge in [0.15, 0.2) is 5.75 Å². The van der Waals surface area contributed by atoms with Crippen LogP contribution < -0.4 is 9.91 Å². The Morgan fingerprint density at radius 1 is 1.53 bits per heavy atom. The number of nitrogens with zero attached hydrogens (tertiary/aromatic N) is 1. The van der Waals surface area contributed by atoms with Crippen LogP contribution in [-0.4, -0.2) is 19.3 Å². The molecule has 1 aromatic carbocycles. The van der Waals surface area contributed by atoms with E-state index in [0.717, 1.165) is 12.1 Å². The van der Waals surface area contributed by atoms with Crippen LogP contribution in [0.5, 0.6) is 5.75 Å². The average molecular weight is 237 g/mol. The minimum Gasteiger partial charge on any atom is -0.480 e. The summed E-state index contributed by atoms with van der Waals surface area (Å²) in [5.41, 5.74) is 0.134. The van der Waals surface area contributed by atoms with E-state index in [2.05, 4.69) is 0 Å². The maximum absolute atomic E-state index is 13.0. The van der Waals surface area contributed by atoms with E-state index in [1.165, 1.54) is 6.07 Å². The second kappa shape index (κ2) is 4.89. The van der Waals surface area contributed by atoms with E-state index in [-0.39, 0.29) is 24.7 Å². The van der Waals surface area contributed by atoms with Crippen molar-refractivity contribution in [1.29, 1.82) is 5.26 Å². The predicted octanol–water partition coefficient (Wildman–Crippen LogP) is 0.222. The van der Waals surface area contributed by atoms with E-state index in [9.17, 15) is 9.30 Å². The number of nitriles is 1. The Labute approximate surface area is 96.7 Å². The number of benzene rings is 1. The average Bonchev–Trinajstić information content (AvgIpc) is 2.77. The molecule has 1 saturated heterocycles. The summed E-state index contributed by atoms with van der Waals surface area (Å²) < 4.78 is 23.6. The Morgan fingerprint density at radius 2 is 2.35 bits per heavy atom. The molecule has 2 rings (SSSR count). The van der Waals surface area contributed by atoms with Crippen LogP contribution in [0.3, 0.4) is 0 Å². The van der Waals surface area contributed by atoms with Crippen LogP contribution in [-0.2, 0) is 4.74 Å². The lowest BCUT2D eigenvalue weighted by Gasteiger charge is -2.13. The number of hydrogen-bond acceptors (Lipinski definition) is 4. The lowest BCUT2D eigenvalue weighted by molar-refractivity contribution is -0.380. The van der Waals surface area contributed by atoms with Gasteiger partial charge in [-0.3, -0.25) is 0 Å². The number of nitroso groups, excluding NO2 is 1. The van der Waals surface area contributed by atoms with Gasteiger partial charge >= 0.3 is 0 Å². The molecule has 1 unspecified atom stereocenters. The molecule has 0 saturated carbocycles. The highest BCUT2D eigenvalue weighted by atomic mass is 19.1. The van der Waals surface area contributed by atoms with Crippen molar-refractivity contribution >= 4 is 5.69 Å². The quantitative estimate of drug-likeness (QED) is 0.816. The van der Waals surface area contributed by atoms with Gasteiger partial charge in [0.2, 0.25) is 0 Å². The maximum Gasteiger partial charge on any atom is 0.295 e. The number of rotatable bonds is 3. The summed E-state index contributed by atoms with van der Waals surface area (Å²) in [5.74, 6) is -0.819. The van der Waals surface area contributed by atoms with Gasteiger partial charge in [-0.05, 0) is 6.07 Å². The molecule has 1 aliphatic heterocycles. The minimum absolute atomic E-state index is 0.0933. The fraction of sp³-hybridized carbons (Fsp3) is 0.364. The van der Waals surface area contributed by atoms with Crippen LogP contribution in [0.1, 0.15) is 0 Å². The summed E-state index contributed by atoms with van der Waals surface area (Å²) in [6, 6.07) is 5.59. The zero-order chi connectivity index (χ0) is 12.3. The molecule has 0 radical (unpaired) electrons. The Kier molecular flexibility index (Phi) is 3.30. The maximum atomic E-state index is 13.0. The Hall–Kier alpha value is -2.00. The number of halogens is 1. The highest BCUT2D eigenvalue weighted by molar-refractivity contribution is 5.45. The highest BCUT2D eigenvalue weighted by Gasteiger charge is 2.31. The first-order valence-electron chi connectivity index (χ1n) is 5.06. The first kappa shape index (κ1) is 11.5. The van der Waals surface area contributed by atoms with Crippen molar-refractivity contribution in [2.45, 2.75) is 6.10 Å². The molecule has 1 aliphatic rings. The molecule has 1 N–H and O–H groups in total. The standard InChI is InChI=1S/C11H9FN2O3/c12-8-1-2-9(14-15)10(3-8)17-11-6-16-5-7(11)4-13/h1-3,7,11H,5-6H2/p+1/t7?,11-/m0/s1. The van der Waals surface area contributed by atoms with E-state index in [4.69, 9.17) is 14.7 Å². The lowest BCUT2D eigenvalue weighted by Crippen LogP contribution is -2.56. The smallest absolute Gasteiger partial charge is 0.295 e. The third-order valence-corrected chi connectivity index (χ3v) is 2.53. The summed E-state index contributed by atoms with van der Waals surface area (Å²) in [5, 5.41) is 10.5. The Bertz CT molecular complexity index is 472. The van der Waals surface area contributed by atoms with Crippen molar-refractivity contribution in [3.05, 3.63) is 28.9 Å². The minimum atomic E-state index is -0.508. The van der Waals surface area contributed by atoms with Crippen LogP contribution in [0.25, 0.3) is 0 Å². The SMILES string of the molecule is N#CC1COC[C@@H]1Oc1cc(F)ccc1[NH+]=O. The first-order chi connectivity index (χ1) is 8.24. The second-order valence-electron chi connectivity index (χ2n) is 3.67. The predicted molar refractivity (Wildman–Crippen MR) is 54.7 cm³/mol. The second-order valence-corrected chi connectivity index (χ2v) is 3.67. The van der Waals surface area contributed by atoms with Crippen LogP contribution >= 0.6 is 0 Å². The van der Waals surface area contributed by atoms with E-state index in [0.29, 0.717) is 0 Å². The van der Waals surface area contributed by atoms with Gasteiger partial charge in [-0.2, -0.15) is 5.26 Å². The number of ether oxygens (including phenoxy) is 2. The van der Waals surface area contributed by atoms with Gasteiger partial charge in [-0.25, -0.2) is 4.39 Å². The molecule has 1 heterocycles. The van der Waals surface area contributed by atoms with E-state index in [1.807, 2.05) is 6.07 Å². The van der Waals surface area contributed by atoms with Crippen LogP contribution in [0.2, 0.25) is 0 Å². The van der Waals surface area contributed by atoms with Gasteiger partial charge in [-0.1, -0.05) is 0 Å². The van der Waals surface area contributed by atoms with Crippen molar-refractivity contribution < 1.29 is 19.0 Å². The summed E-state index contributed by atoms with van der Waals surface area (Å²) >= 11 is 0. The normalized spacial score (nSPS) is 23.1. The number of nitrogens with one attached hydrogen (secondary N) is 1. The molecule has 0 amide bonds. The van der Waals surface area contributed by atoms with Crippen molar-refractivity contribution in [3.63, 3.8) is 0 Å².